The molecule has 0 radical (unpaired) electrons. The van der Waals surface area contributed by atoms with E-state index >= 15 is 0 Å². The van der Waals surface area contributed by atoms with Gasteiger partial charge in [0.15, 0.2) is 0 Å². The van der Waals surface area contributed by atoms with Gasteiger partial charge in [-0.05, 0) is 54.9 Å². The second-order valence-corrected chi connectivity index (χ2v) is 9.42. The molecule has 0 heterocycles. The summed E-state index contributed by atoms with van der Waals surface area (Å²) in [5.41, 5.74) is 3.32. The highest BCUT2D eigenvalue weighted by molar-refractivity contribution is 5.87. The topological polar surface area (TPSA) is 105 Å². The number of carboxylic acid groups (broad SMARTS) is 1. The predicted octanol–water partition coefficient (Wildman–Crippen LogP) is 3.92. The fourth-order valence-electron chi connectivity index (χ4n) is 4.94. The first-order valence-corrected chi connectivity index (χ1v) is 11.4. The molecular weight excluding hydrogens is 420 g/mol. The van der Waals surface area contributed by atoms with Crippen LogP contribution in [-0.2, 0) is 14.3 Å². The average Bonchev–Trinajstić information content (AvgIpc) is 3.39. The Hall–Kier alpha value is -3.35. The highest BCUT2D eigenvalue weighted by atomic mass is 16.5. The molecular formula is C26H30N2O5. The lowest BCUT2D eigenvalue weighted by Crippen LogP contribution is -2.52. The van der Waals surface area contributed by atoms with E-state index in [1.807, 2.05) is 24.3 Å². The number of hydrogen-bond donors (Lipinski definition) is 3. The third-order valence-corrected chi connectivity index (χ3v) is 6.82. The minimum atomic E-state index is -1.33. The number of aliphatic carboxylic acids is 1. The van der Waals surface area contributed by atoms with Crippen molar-refractivity contribution in [3.63, 3.8) is 0 Å². The van der Waals surface area contributed by atoms with Crippen molar-refractivity contribution in [1.82, 2.24) is 10.6 Å². The van der Waals surface area contributed by atoms with Crippen molar-refractivity contribution in [2.24, 2.45) is 11.8 Å². The number of ether oxygens (including phenoxy) is 1. The van der Waals surface area contributed by atoms with Crippen LogP contribution >= 0.6 is 0 Å². The number of amides is 2. The Kier molecular flexibility index (Phi) is 6.40. The Labute approximate surface area is 193 Å². The van der Waals surface area contributed by atoms with Crippen molar-refractivity contribution < 1.29 is 24.2 Å². The van der Waals surface area contributed by atoms with Gasteiger partial charge in [0.2, 0.25) is 5.91 Å². The summed E-state index contributed by atoms with van der Waals surface area (Å²) in [7, 11) is 0. The summed E-state index contributed by atoms with van der Waals surface area (Å²) in [5, 5.41) is 14.7. The average molecular weight is 451 g/mol. The molecule has 2 aromatic rings. The maximum absolute atomic E-state index is 12.6. The van der Waals surface area contributed by atoms with E-state index in [2.05, 4.69) is 34.9 Å². The van der Waals surface area contributed by atoms with Crippen molar-refractivity contribution >= 4 is 18.0 Å². The summed E-state index contributed by atoms with van der Waals surface area (Å²) in [6, 6.07) is 16.3. The Balaban J connectivity index is 1.32. The SMILES string of the molecule is CC(C)(NC(=O)C1CCCC1CNC(=O)OCC1c2ccccc2-c2ccccc21)C(=O)O. The van der Waals surface area contributed by atoms with Crippen LogP contribution in [-0.4, -0.2) is 41.8 Å². The molecule has 2 unspecified atom stereocenters. The Morgan fingerprint density at radius 1 is 1.00 bits per heavy atom. The first kappa shape index (κ1) is 22.8. The third-order valence-electron chi connectivity index (χ3n) is 6.82. The van der Waals surface area contributed by atoms with Crippen LogP contribution in [0.5, 0.6) is 0 Å². The van der Waals surface area contributed by atoms with Gasteiger partial charge in [0, 0.05) is 18.4 Å². The number of carbonyl (C=O) groups excluding carboxylic acids is 2. The Morgan fingerprint density at radius 2 is 1.61 bits per heavy atom. The van der Waals surface area contributed by atoms with E-state index in [4.69, 9.17) is 4.74 Å². The predicted molar refractivity (Wildman–Crippen MR) is 124 cm³/mol. The number of hydrogen-bond acceptors (Lipinski definition) is 4. The lowest BCUT2D eigenvalue weighted by atomic mass is 9.93. The fraction of sp³-hybridized carbons (Fsp3) is 0.423. The van der Waals surface area contributed by atoms with Gasteiger partial charge in [0.25, 0.3) is 0 Å². The lowest BCUT2D eigenvalue weighted by molar-refractivity contribution is -0.146. The zero-order valence-electron chi connectivity index (χ0n) is 19.0. The van der Waals surface area contributed by atoms with Crippen molar-refractivity contribution in [3.05, 3.63) is 59.7 Å². The van der Waals surface area contributed by atoms with Crippen LogP contribution in [0.2, 0.25) is 0 Å². The molecule has 7 nitrogen and oxygen atoms in total. The van der Waals surface area contributed by atoms with Crippen LogP contribution in [0.25, 0.3) is 11.1 Å². The zero-order valence-corrected chi connectivity index (χ0v) is 19.0. The molecule has 2 aromatic carbocycles. The summed E-state index contributed by atoms with van der Waals surface area (Å²) >= 11 is 0. The highest BCUT2D eigenvalue weighted by Crippen LogP contribution is 2.44. The van der Waals surface area contributed by atoms with E-state index < -0.39 is 17.6 Å². The minimum Gasteiger partial charge on any atom is -0.480 e. The fourth-order valence-corrected chi connectivity index (χ4v) is 4.94. The van der Waals surface area contributed by atoms with E-state index in [9.17, 15) is 19.5 Å². The molecule has 33 heavy (non-hydrogen) atoms. The van der Waals surface area contributed by atoms with Gasteiger partial charge >= 0.3 is 12.1 Å². The molecule has 0 spiro atoms. The van der Waals surface area contributed by atoms with E-state index in [0.29, 0.717) is 13.0 Å². The van der Waals surface area contributed by atoms with E-state index in [0.717, 1.165) is 24.0 Å². The summed E-state index contributed by atoms with van der Waals surface area (Å²) in [6.45, 7) is 3.49. The van der Waals surface area contributed by atoms with E-state index in [1.165, 1.54) is 25.0 Å². The standard InChI is InChI=1S/C26H30N2O5/c1-26(2,24(30)31)28-23(29)17-13-7-8-16(17)14-27-25(32)33-15-22-20-11-5-3-9-18(20)19-10-4-6-12-21(19)22/h3-6,9-12,16-17,22H,7-8,13-15H2,1-2H3,(H,27,32)(H,28,29)(H,30,31). The van der Waals surface area contributed by atoms with Gasteiger partial charge in [-0.25, -0.2) is 9.59 Å². The Bertz CT molecular complexity index is 1020. The van der Waals surface area contributed by atoms with Crippen LogP contribution in [0.15, 0.2) is 48.5 Å². The van der Waals surface area contributed by atoms with Gasteiger partial charge in [0.05, 0.1) is 0 Å². The summed E-state index contributed by atoms with van der Waals surface area (Å²) in [6.07, 6.45) is 1.84. The molecule has 1 fully saturated rings. The number of fused-ring (bicyclic) bond motifs is 3. The molecule has 2 aliphatic carbocycles. The molecule has 0 aromatic heterocycles. The molecule has 3 N–H and O–H groups in total. The van der Waals surface area contributed by atoms with Crippen molar-refractivity contribution in [1.29, 1.82) is 0 Å². The second kappa shape index (κ2) is 9.25. The first-order valence-electron chi connectivity index (χ1n) is 11.4. The number of rotatable bonds is 7. The lowest BCUT2D eigenvalue weighted by Gasteiger charge is -2.26. The molecule has 0 bridgehead atoms. The smallest absolute Gasteiger partial charge is 0.407 e. The minimum absolute atomic E-state index is 0.00796. The zero-order chi connectivity index (χ0) is 23.6. The number of carboxylic acids is 1. The van der Waals surface area contributed by atoms with Crippen LogP contribution < -0.4 is 10.6 Å². The third kappa shape index (κ3) is 4.72. The molecule has 7 heteroatoms. The monoisotopic (exact) mass is 450 g/mol. The molecule has 174 valence electrons. The quantitative estimate of drug-likeness (QED) is 0.593. The van der Waals surface area contributed by atoms with Gasteiger partial charge < -0.3 is 20.5 Å². The number of carbonyl (C=O) groups is 3. The van der Waals surface area contributed by atoms with Gasteiger partial charge in [0.1, 0.15) is 12.1 Å². The van der Waals surface area contributed by atoms with Crippen LogP contribution in [0, 0.1) is 11.8 Å². The van der Waals surface area contributed by atoms with Crippen LogP contribution in [0.3, 0.4) is 0 Å². The number of nitrogens with one attached hydrogen (secondary N) is 2. The van der Waals surface area contributed by atoms with E-state index in [1.54, 1.807) is 0 Å². The van der Waals surface area contributed by atoms with Crippen LogP contribution in [0.4, 0.5) is 4.79 Å². The van der Waals surface area contributed by atoms with E-state index in [-0.39, 0.29) is 30.3 Å². The summed E-state index contributed by atoms with van der Waals surface area (Å²) in [4.78, 5) is 36.4. The molecule has 0 aliphatic heterocycles. The summed E-state index contributed by atoms with van der Waals surface area (Å²) in [5.74, 6) is -1.74. The molecule has 2 atom stereocenters. The van der Waals surface area contributed by atoms with Gasteiger partial charge in [-0.15, -0.1) is 0 Å². The molecule has 2 aliphatic rings. The first-order chi connectivity index (χ1) is 15.8. The number of benzene rings is 2. The molecule has 4 rings (SSSR count). The van der Waals surface area contributed by atoms with Crippen molar-refractivity contribution in [3.8, 4) is 11.1 Å². The van der Waals surface area contributed by atoms with Gasteiger partial charge in [-0.3, -0.25) is 4.79 Å². The highest BCUT2D eigenvalue weighted by Gasteiger charge is 2.38. The van der Waals surface area contributed by atoms with Crippen molar-refractivity contribution in [2.75, 3.05) is 13.2 Å². The number of alkyl carbamates (subject to hydrolysis) is 1. The summed E-state index contributed by atoms with van der Waals surface area (Å²) < 4.78 is 5.58. The maximum Gasteiger partial charge on any atom is 0.407 e. The van der Waals surface area contributed by atoms with Gasteiger partial charge in [-0.2, -0.15) is 0 Å². The molecule has 2 amide bonds. The maximum atomic E-state index is 12.6. The molecule has 0 saturated heterocycles. The Morgan fingerprint density at radius 3 is 2.21 bits per heavy atom. The molecule has 1 saturated carbocycles. The second-order valence-electron chi connectivity index (χ2n) is 9.42. The van der Waals surface area contributed by atoms with Gasteiger partial charge in [-0.1, -0.05) is 55.0 Å². The van der Waals surface area contributed by atoms with Crippen LogP contribution in [0.1, 0.15) is 50.2 Å². The normalized spacial score (nSPS) is 19.5. The largest absolute Gasteiger partial charge is 0.480 e. The van der Waals surface area contributed by atoms with Crippen molar-refractivity contribution in [2.45, 2.75) is 44.6 Å².